The van der Waals surface area contributed by atoms with Gasteiger partial charge in [0.25, 0.3) is 0 Å². The summed E-state index contributed by atoms with van der Waals surface area (Å²) in [6.45, 7) is 0.435. The Labute approximate surface area is 193 Å². The van der Waals surface area contributed by atoms with Crippen LogP contribution < -0.4 is 21.1 Å². The van der Waals surface area contributed by atoms with Crippen LogP contribution in [0.1, 0.15) is 35.4 Å². The average molecular weight is 444 g/mol. The van der Waals surface area contributed by atoms with Gasteiger partial charge in [-0.15, -0.1) is 0 Å². The lowest BCUT2D eigenvalue weighted by molar-refractivity contribution is -0.121. The summed E-state index contributed by atoms with van der Waals surface area (Å²) in [5, 5.41) is 15.1. The van der Waals surface area contributed by atoms with Crippen molar-refractivity contribution in [2.45, 2.75) is 25.3 Å². The van der Waals surface area contributed by atoms with Crippen LogP contribution in [0.5, 0.6) is 5.75 Å². The molecule has 0 heterocycles. The van der Waals surface area contributed by atoms with Gasteiger partial charge in [0.05, 0.1) is 13.0 Å². The lowest BCUT2D eigenvalue weighted by Gasteiger charge is -2.18. The van der Waals surface area contributed by atoms with Crippen molar-refractivity contribution in [1.29, 1.82) is 0 Å². The van der Waals surface area contributed by atoms with Gasteiger partial charge in [0, 0.05) is 24.3 Å². The van der Waals surface area contributed by atoms with E-state index in [1.54, 1.807) is 37.4 Å². The minimum atomic E-state index is -0.558. The minimum absolute atomic E-state index is 0.130. The fourth-order valence-corrected chi connectivity index (χ4v) is 3.44. The predicted molar refractivity (Wildman–Crippen MR) is 131 cm³/mol. The number of carbonyl (C=O) groups is 2. The summed E-state index contributed by atoms with van der Waals surface area (Å²) in [7, 11) is 1.58. The fourth-order valence-electron chi connectivity index (χ4n) is 3.44. The summed E-state index contributed by atoms with van der Waals surface area (Å²) in [4.78, 5) is 25.6. The maximum atomic E-state index is 13.2. The van der Waals surface area contributed by atoms with Crippen molar-refractivity contribution >= 4 is 29.4 Å². The van der Waals surface area contributed by atoms with Gasteiger partial charge in [-0.25, -0.2) is 0 Å². The summed E-state index contributed by atoms with van der Waals surface area (Å²) in [5.74, 6) is -0.267. The molecule has 4 N–H and O–H groups in total. The number of hydrogen-bond donors (Lipinski definition) is 3. The Morgan fingerprint density at radius 2 is 1.79 bits per heavy atom. The van der Waals surface area contributed by atoms with Crippen LogP contribution in [-0.4, -0.2) is 25.1 Å². The zero-order valence-corrected chi connectivity index (χ0v) is 18.5. The van der Waals surface area contributed by atoms with Gasteiger partial charge in [0.1, 0.15) is 5.75 Å². The first kappa shape index (κ1) is 23.5. The molecule has 3 rings (SSSR count). The molecule has 7 nitrogen and oxygen atoms in total. The molecule has 0 bridgehead atoms. The largest absolute Gasteiger partial charge is 0.810 e. The molecule has 0 aliphatic carbocycles. The van der Waals surface area contributed by atoms with E-state index in [1.807, 2.05) is 42.5 Å². The Morgan fingerprint density at radius 3 is 2.45 bits per heavy atom. The molecule has 0 aliphatic rings. The molecule has 0 radical (unpaired) electrons. The number of methoxy groups -OCH3 is 1. The molecule has 1 atom stereocenters. The zero-order chi connectivity index (χ0) is 23.6. The van der Waals surface area contributed by atoms with Crippen molar-refractivity contribution in [2.75, 3.05) is 18.2 Å². The first-order valence-electron chi connectivity index (χ1n) is 10.6. The van der Waals surface area contributed by atoms with Crippen LogP contribution in [-0.2, 0) is 16.1 Å². The van der Waals surface area contributed by atoms with Crippen LogP contribution in [0.25, 0.3) is 5.41 Å². The predicted octanol–water partition coefficient (Wildman–Crippen LogP) is 4.08. The van der Waals surface area contributed by atoms with Crippen molar-refractivity contribution in [3.8, 4) is 5.75 Å². The second-order valence-corrected chi connectivity index (χ2v) is 7.59. The normalized spacial score (nSPS) is 11.3. The quantitative estimate of drug-likeness (QED) is 0.323. The molecule has 0 spiro atoms. The van der Waals surface area contributed by atoms with Gasteiger partial charge in [-0.05, 0) is 53.4 Å². The molecule has 2 amide bonds. The number of nitrogens with two attached hydrogens (primary N) is 1. The number of carbonyl (C=O) groups excluding carboxylic acids is 2. The van der Waals surface area contributed by atoms with E-state index < -0.39 is 5.92 Å². The lowest BCUT2D eigenvalue weighted by atomic mass is 9.92. The molecule has 0 aromatic heterocycles. The second kappa shape index (κ2) is 11.5. The van der Waals surface area contributed by atoms with E-state index in [4.69, 9.17) is 10.5 Å². The highest BCUT2D eigenvalue weighted by molar-refractivity contribution is 5.98. The van der Waals surface area contributed by atoms with Crippen LogP contribution in [0.4, 0.5) is 11.4 Å². The minimum Gasteiger partial charge on any atom is -0.810 e. The molecular formula is C26H27N4O3-. The van der Waals surface area contributed by atoms with Crippen molar-refractivity contribution in [1.82, 2.24) is 5.32 Å². The number of nitrogen functional groups attached to an aromatic ring is 1. The van der Waals surface area contributed by atoms with Crippen molar-refractivity contribution in [3.63, 3.8) is 0 Å². The average Bonchev–Trinajstić information content (AvgIpc) is 2.85. The van der Waals surface area contributed by atoms with Crippen molar-refractivity contribution in [2.24, 2.45) is 0 Å². The highest BCUT2D eigenvalue weighted by Gasteiger charge is 2.22. The number of amides is 2. The van der Waals surface area contributed by atoms with Crippen LogP contribution in [0.3, 0.4) is 0 Å². The summed E-state index contributed by atoms with van der Waals surface area (Å²) < 4.78 is 5.21. The number of ether oxygens (including phenoxy) is 1. The summed E-state index contributed by atoms with van der Waals surface area (Å²) in [5.41, 5.74) is 8.89. The SMILES string of the molecule is COc1ccc(C(CCC(=O)NCc2ccccc2)C(=O)Nc2ccc(N)c(C=[N-])c2)cc1. The van der Waals surface area contributed by atoms with Gasteiger partial charge < -0.3 is 26.5 Å². The number of rotatable bonds is 10. The molecular weight excluding hydrogens is 416 g/mol. The Morgan fingerprint density at radius 1 is 1.06 bits per heavy atom. The Kier molecular flexibility index (Phi) is 8.18. The third-order valence-electron chi connectivity index (χ3n) is 5.32. The molecule has 170 valence electrons. The molecule has 1 unspecified atom stereocenters. The van der Waals surface area contributed by atoms with E-state index in [0.29, 0.717) is 35.7 Å². The van der Waals surface area contributed by atoms with E-state index in [-0.39, 0.29) is 18.2 Å². The molecule has 0 fully saturated rings. The summed E-state index contributed by atoms with van der Waals surface area (Å²) >= 11 is 0. The summed E-state index contributed by atoms with van der Waals surface area (Å²) in [6.07, 6.45) is 1.41. The standard InChI is InChI=1S/C26H27N4O3/c1-33-22-10-7-19(8-11-22)23(12-14-25(31)29-17-18-5-3-2-4-6-18)26(32)30-21-9-13-24(28)20(15-21)16-27/h2-11,13,15-16,23H,12,14,17,28H2,1H3,(H,29,31)(H,30,32)/q-1. The Bertz CT molecular complexity index is 1100. The summed E-state index contributed by atoms with van der Waals surface area (Å²) in [6, 6.07) is 21.7. The Hall–Kier alpha value is -4.13. The molecule has 33 heavy (non-hydrogen) atoms. The third-order valence-corrected chi connectivity index (χ3v) is 5.32. The van der Waals surface area contributed by atoms with E-state index in [0.717, 1.165) is 17.3 Å². The number of nitrogens with zero attached hydrogens (tertiary/aromatic N) is 1. The molecule has 0 aliphatic heterocycles. The van der Waals surface area contributed by atoms with Gasteiger partial charge in [-0.2, -0.15) is 6.21 Å². The fraction of sp³-hybridized carbons (Fsp3) is 0.192. The third kappa shape index (κ3) is 6.67. The number of anilines is 2. The van der Waals surface area contributed by atoms with Crippen LogP contribution in [0, 0.1) is 0 Å². The van der Waals surface area contributed by atoms with E-state index in [9.17, 15) is 15.0 Å². The van der Waals surface area contributed by atoms with Gasteiger partial charge in [0.15, 0.2) is 0 Å². The van der Waals surface area contributed by atoms with Crippen LogP contribution in [0.15, 0.2) is 72.8 Å². The molecule has 3 aromatic carbocycles. The number of nitrogens with one attached hydrogen (secondary N) is 2. The monoisotopic (exact) mass is 443 g/mol. The second-order valence-electron chi connectivity index (χ2n) is 7.59. The van der Waals surface area contributed by atoms with E-state index in [1.165, 1.54) is 0 Å². The van der Waals surface area contributed by atoms with Gasteiger partial charge in [0.2, 0.25) is 11.8 Å². The topological polar surface area (TPSA) is 116 Å². The lowest BCUT2D eigenvalue weighted by Crippen LogP contribution is -2.26. The molecule has 0 saturated heterocycles. The molecule has 0 saturated carbocycles. The van der Waals surface area contributed by atoms with Crippen LogP contribution >= 0.6 is 0 Å². The highest BCUT2D eigenvalue weighted by Crippen LogP contribution is 2.26. The zero-order valence-electron chi connectivity index (χ0n) is 18.5. The van der Waals surface area contributed by atoms with Crippen LogP contribution in [0.2, 0.25) is 0 Å². The van der Waals surface area contributed by atoms with E-state index in [2.05, 4.69) is 10.6 Å². The van der Waals surface area contributed by atoms with Gasteiger partial charge in [-0.3, -0.25) is 9.59 Å². The number of benzene rings is 3. The van der Waals surface area contributed by atoms with E-state index >= 15 is 0 Å². The van der Waals surface area contributed by atoms with Gasteiger partial charge >= 0.3 is 0 Å². The van der Waals surface area contributed by atoms with Gasteiger partial charge in [-0.1, -0.05) is 42.5 Å². The van der Waals surface area contributed by atoms with Crippen molar-refractivity contribution < 1.29 is 14.3 Å². The highest BCUT2D eigenvalue weighted by atomic mass is 16.5. The smallest absolute Gasteiger partial charge is 0.231 e. The molecule has 3 aromatic rings. The number of hydrogen-bond acceptors (Lipinski definition) is 4. The maximum absolute atomic E-state index is 13.2. The molecule has 7 heteroatoms. The Balaban J connectivity index is 1.70. The first-order valence-corrected chi connectivity index (χ1v) is 10.6. The first-order chi connectivity index (χ1) is 16.0. The maximum Gasteiger partial charge on any atom is 0.231 e. The van der Waals surface area contributed by atoms with Crippen molar-refractivity contribution in [3.05, 3.63) is 94.9 Å².